The number of rotatable bonds is 8. The van der Waals surface area contributed by atoms with Crippen molar-refractivity contribution in [2.75, 3.05) is 11.5 Å². The van der Waals surface area contributed by atoms with Crippen molar-refractivity contribution in [3.63, 3.8) is 0 Å². The second-order valence-corrected chi connectivity index (χ2v) is 14.9. The standard InChI is InChI=1S/C34H56N2O/c1-22(2)7-6-8-23(3)30-11-12-31-29-10-9-25-19-28(37-21-24-17-26(35)20-27(36)18-24)13-15-33(25,4)32(29)14-16-34(30,31)5/h17-18,20,22-23,25,28-32H,6-16,19,21,35-36H2,1-5H3. The van der Waals surface area contributed by atoms with Crippen LogP contribution in [0.15, 0.2) is 18.2 Å². The van der Waals surface area contributed by atoms with Crippen molar-refractivity contribution in [1.82, 2.24) is 0 Å². The van der Waals surface area contributed by atoms with Crippen molar-refractivity contribution < 1.29 is 4.74 Å². The van der Waals surface area contributed by atoms with Crippen LogP contribution in [0.4, 0.5) is 11.4 Å². The summed E-state index contributed by atoms with van der Waals surface area (Å²) in [6.45, 7) is 13.4. The van der Waals surface area contributed by atoms with Gasteiger partial charge in [-0.3, -0.25) is 0 Å². The van der Waals surface area contributed by atoms with E-state index in [1.807, 2.05) is 18.2 Å². The summed E-state index contributed by atoms with van der Waals surface area (Å²) in [4.78, 5) is 0. The first kappa shape index (κ1) is 27.4. The fraction of sp³-hybridized carbons (Fsp3) is 0.824. The van der Waals surface area contributed by atoms with Crippen molar-refractivity contribution in [3.8, 4) is 0 Å². The maximum Gasteiger partial charge on any atom is 0.0722 e. The van der Waals surface area contributed by atoms with E-state index in [4.69, 9.17) is 16.2 Å². The van der Waals surface area contributed by atoms with Crippen LogP contribution >= 0.6 is 0 Å². The third kappa shape index (κ3) is 5.32. The topological polar surface area (TPSA) is 61.3 Å². The third-order valence-corrected chi connectivity index (χ3v) is 12.3. The van der Waals surface area contributed by atoms with Gasteiger partial charge in [-0.1, -0.05) is 53.9 Å². The Morgan fingerprint density at radius 2 is 1.54 bits per heavy atom. The molecule has 0 aromatic heterocycles. The highest BCUT2D eigenvalue weighted by atomic mass is 16.5. The first-order valence-corrected chi connectivity index (χ1v) is 15.9. The van der Waals surface area contributed by atoms with E-state index in [1.165, 1.54) is 77.0 Å². The minimum atomic E-state index is 0.383. The molecular weight excluding hydrogens is 452 g/mol. The molecular formula is C34H56N2O. The molecule has 9 unspecified atom stereocenters. The van der Waals surface area contributed by atoms with Crippen molar-refractivity contribution in [1.29, 1.82) is 0 Å². The average Bonchev–Trinajstić information content (AvgIpc) is 3.19. The number of hydrogen-bond acceptors (Lipinski definition) is 3. The number of anilines is 2. The highest BCUT2D eigenvalue weighted by Crippen LogP contribution is 2.68. The smallest absolute Gasteiger partial charge is 0.0722 e. The molecule has 0 bridgehead atoms. The summed E-state index contributed by atoms with van der Waals surface area (Å²) in [6.07, 6.45) is 17.3. The van der Waals surface area contributed by atoms with Crippen LogP contribution in [0.25, 0.3) is 0 Å². The summed E-state index contributed by atoms with van der Waals surface area (Å²) in [5.41, 5.74) is 15.7. The lowest BCUT2D eigenvalue weighted by atomic mass is 9.44. The molecule has 208 valence electrons. The average molecular weight is 509 g/mol. The van der Waals surface area contributed by atoms with Crippen LogP contribution in [-0.4, -0.2) is 6.10 Å². The molecule has 0 amide bonds. The highest BCUT2D eigenvalue weighted by Gasteiger charge is 2.60. The fourth-order valence-corrected chi connectivity index (χ4v) is 10.4. The Morgan fingerprint density at radius 3 is 2.27 bits per heavy atom. The number of benzene rings is 1. The molecule has 4 N–H and O–H groups in total. The summed E-state index contributed by atoms with van der Waals surface area (Å²) < 4.78 is 6.47. The van der Waals surface area contributed by atoms with Crippen molar-refractivity contribution >= 4 is 11.4 Å². The van der Waals surface area contributed by atoms with Gasteiger partial charge in [0.05, 0.1) is 12.7 Å². The van der Waals surface area contributed by atoms with E-state index in [1.54, 1.807) is 0 Å². The molecule has 0 radical (unpaired) electrons. The molecule has 0 saturated heterocycles. The number of nitrogens with two attached hydrogens (primary N) is 2. The lowest BCUT2D eigenvalue weighted by Gasteiger charge is -2.61. The molecule has 4 aliphatic carbocycles. The molecule has 3 nitrogen and oxygen atoms in total. The van der Waals surface area contributed by atoms with Gasteiger partial charge in [0, 0.05) is 11.4 Å². The lowest BCUT2D eigenvalue weighted by Crippen LogP contribution is -2.54. The van der Waals surface area contributed by atoms with E-state index in [-0.39, 0.29) is 0 Å². The molecule has 1 aromatic rings. The summed E-state index contributed by atoms with van der Waals surface area (Å²) in [5, 5.41) is 0. The Balaban J connectivity index is 1.20. The van der Waals surface area contributed by atoms with Gasteiger partial charge < -0.3 is 16.2 Å². The minimum absolute atomic E-state index is 0.383. The van der Waals surface area contributed by atoms with Crippen LogP contribution in [0, 0.1) is 52.3 Å². The highest BCUT2D eigenvalue weighted by molar-refractivity contribution is 5.54. The van der Waals surface area contributed by atoms with Crippen LogP contribution in [0.2, 0.25) is 0 Å². The fourth-order valence-electron chi connectivity index (χ4n) is 10.4. The molecule has 0 spiro atoms. The number of ether oxygens (including phenoxy) is 1. The largest absolute Gasteiger partial charge is 0.399 e. The van der Waals surface area contributed by atoms with Gasteiger partial charge in [-0.25, -0.2) is 0 Å². The first-order valence-electron chi connectivity index (χ1n) is 15.9. The van der Waals surface area contributed by atoms with Crippen LogP contribution in [0.3, 0.4) is 0 Å². The molecule has 9 atom stereocenters. The zero-order valence-electron chi connectivity index (χ0n) is 24.6. The van der Waals surface area contributed by atoms with E-state index < -0.39 is 0 Å². The predicted molar refractivity (Wildman–Crippen MR) is 157 cm³/mol. The Hall–Kier alpha value is -1.22. The van der Waals surface area contributed by atoms with Gasteiger partial charge in [0.25, 0.3) is 0 Å². The Kier molecular flexibility index (Phi) is 7.94. The van der Waals surface area contributed by atoms with Gasteiger partial charge >= 0.3 is 0 Å². The monoisotopic (exact) mass is 508 g/mol. The van der Waals surface area contributed by atoms with Gasteiger partial charge in [0.1, 0.15) is 0 Å². The molecule has 5 rings (SSSR count). The Bertz CT molecular complexity index is 908. The molecule has 1 aromatic carbocycles. The first-order chi connectivity index (χ1) is 17.6. The molecule has 4 fully saturated rings. The predicted octanol–water partition coefficient (Wildman–Crippen LogP) is 8.86. The van der Waals surface area contributed by atoms with Gasteiger partial charge in [0.15, 0.2) is 0 Å². The molecule has 4 aliphatic rings. The zero-order valence-corrected chi connectivity index (χ0v) is 24.6. The van der Waals surface area contributed by atoms with E-state index in [2.05, 4.69) is 34.6 Å². The van der Waals surface area contributed by atoms with Crippen molar-refractivity contribution in [3.05, 3.63) is 23.8 Å². The Labute approximate surface area is 227 Å². The van der Waals surface area contributed by atoms with Gasteiger partial charge in [-0.2, -0.15) is 0 Å². The van der Waals surface area contributed by atoms with Crippen LogP contribution in [0.5, 0.6) is 0 Å². The summed E-state index contributed by atoms with van der Waals surface area (Å²) in [6, 6.07) is 5.84. The lowest BCUT2D eigenvalue weighted by molar-refractivity contribution is -0.138. The number of fused-ring (bicyclic) bond motifs is 5. The van der Waals surface area contributed by atoms with E-state index in [0.29, 0.717) is 23.5 Å². The van der Waals surface area contributed by atoms with Gasteiger partial charge in [-0.15, -0.1) is 0 Å². The van der Waals surface area contributed by atoms with Gasteiger partial charge in [0.2, 0.25) is 0 Å². The normalized spacial score (nSPS) is 40.2. The van der Waals surface area contributed by atoms with Crippen LogP contribution in [-0.2, 0) is 11.3 Å². The maximum absolute atomic E-state index is 6.47. The molecule has 3 heteroatoms. The molecule has 0 heterocycles. The van der Waals surface area contributed by atoms with E-state index >= 15 is 0 Å². The Morgan fingerprint density at radius 1 is 0.838 bits per heavy atom. The quantitative estimate of drug-likeness (QED) is 0.345. The van der Waals surface area contributed by atoms with Crippen LogP contribution in [0.1, 0.15) is 117 Å². The maximum atomic E-state index is 6.47. The second-order valence-electron chi connectivity index (χ2n) is 14.9. The third-order valence-electron chi connectivity index (χ3n) is 12.3. The SMILES string of the molecule is CC(C)CCCC(C)C1CCC2C3CCC4CC(OCc5cc(N)cc(N)c5)CCC4(C)C3CCC12C. The molecule has 37 heavy (non-hydrogen) atoms. The van der Waals surface area contributed by atoms with Crippen molar-refractivity contribution in [2.45, 2.75) is 124 Å². The summed E-state index contributed by atoms with van der Waals surface area (Å²) >= 11 is 0. The molecule has 4 saturated carbocycles. The van der Waals surface area contributed by atoms with E-state index in [0.717, 1.165) is 58.4 Å². The van der Waals surface area contributed by atoms with Gasteiger partial charge in [-0.05, 0) is 134 Å². The molecule has 0 aliphatic heterocycles. The minimum Gasteiger partial charge on any atom is -0.399 e. The van der Waals surface area contributed by atoms with E-state index in [9.17, 15) is 0 Å². The van der Waals surface area contributed by atoms with Crippen LogP contribution < -0.4 is 11.5 Å². The summed E-state index contributed by atoms with van der Waals surface area (Å²) in [7, 11) is 0. The zero-order chi connectivity index (χ0) is 26.4. The second kappa shape index (κ2) is 10.7. The van der Waals surface area contributed by atoms with Crippen molar-refractivity contribution in [2.24, 2.45) is 52.3 Å². The number of hydrogen-bond donors (Lipinski definition) is 2. The summed E-state index contributed by atoms with van der Waals surface area (Å²) in [5.74, 6) is 6.43. The number of nitrogen functional groups attached to an aromatic ring is 2.